The Morgan fingerprint density at radius 3 is 2.36 bits per heavy atom. The van der Waals surface area contributed by atoms with Crippen LogP contribution in [0.25, 0.3) is 0 Å². The zero-order valence-corrected chi connectivity index (χ0v) is 13.1. The van der Waals surface area contributed by atoms with E-state index in [1.807, 2.05) is 0 Å². The number of nitrogens with two attached hydrogens (primary N) is 1. The Hall–Kier alpha value is -3.06. The Bertz CT molecular complexity index is 818. The zero-order chi connectivity index (χ0) is 18.0. The van der Waals surface area contributed by atoms with Crippen LogP contribution < -0.4 is 15.3 Å². The lowest BCUT2D eigenvalue weighted by Crippen LogP contribution is -2.90. The minimum Gasteiger partial charge on any atom is -0.545 e. The van der Waals surface area contributed by atoms with Crippen molar-refractivity contribution in [2.75, 3.05) is 4.90 Å². The molecule has 2 aromatic rings. The number of rotatable bonds is 5. The van der Waals surface area contributed by atoms with E-state index in [1.165, 1.54) is 36.4 Å². The largest absolute Gasteiger partial charge is 0.545 e. The molecule has 3 rings (SSSR count). The molecule has 1 atom stereocenters. The number of carbonyl (C=O) groups is 3. The minimum absolute atomic E-state index is 0.0628. The first kappa shape index (κ1) is 16.8. The van der Waals surface area contributed by atoms with Crippen molar-refractivity contribution < 1.29 is 29.2 Å². The van der Waals surface area contributed by atoms with Crippen LogP contribution in [0.15, 0.2) is 48.5 Å². The number of imide groups is 1. The number of halogens is 1. The predicted octanol–water partition coefficient (Wildman–Crippen LogP) is -0.415. The summed E-state index contributed by atoms with van der Waals surface area (Å²) < 4.78 is 13.0. The van der Waals surface area contributed by atoms with Crippen molar-refractivity contribution in [1.29, 1.82) is 0 Å². The number of carboxylic acid groups (broad SMARTS) is 1. The van der Waals surface area contributed by atoms with Gasteiger partial charge in [0.15, 0.2) is 6.04 Å². The quantitative estimate of drug-likeness (QED) is 0.747. The van der Waals surface area contributed by atoms with Crippen molar-refractivity contribution in [3.05, 3.63) is 65.5 Å². The number of quaternary nitrogens is 1. The van der Waals surface area contributed by atoms with Gasteiger partial charge in [0.05, 0.1) is 18.1 Å². The molecular formula is C18H15FN2O4. The highest BCUT2D eigenvalue weighted by Gasteiger charge is 2.42. The van der Waals surface area contributed by atoms with Crippen molar-refractivity contribution >= 4 is 23.5 Å². The molecule has 0 unspecified atom stereocenters. The average molecular weight is 342 g/mol. The van der Waals surface area contributed by atoms with Gasteiger partial charge in [-0.3, -0.25) is 9.59 Å². The summed E-state index contributed by atoms with van der Waals surface area (Å²) >= 11 is 0. The van der Waals surface area contributed by atoms with E-state index in [0.717, 1.165) is 10.5 Å². The number of hydrogen-bond acceptors (Lipinski definition) is 4. The second-order valence-corrected chi connectivity index (χ2v) is 5.78. The fourth-order valence-electron chi connectivity index (χ4n) is 2.76. The lowest BCUT2D eigenvalue weighted by Gasteiger charge is -2.14. The summed E-state index contributed by atoms with van der Waals surface area (Å²) in [5, 5.41) is 12.5. The summed E-state index contributed by atoms with van der Waals surface area (Å²) in [4.78, 5) is 36.4. The van der Waals surface area contributed by atoms with Crippen molar-refractivity contribution in [2.24, 2.45) is 0 Å². The SMILES string of the molecule is O=C([O-])c1ccc(C[NH2+][C@@H]2CC(=O)N(c3ccc(F)cc3)C2=O)cc1. The van der Waals surface area contributed by atoms with E-state index in [0.29, 0.717) is 12.2 Å². The molecule has 2 aromatic carbocycles. The molecule has 0 spiro atoms. The van der Waals surface area contributed by atoms with Gasteiger partial charge in [0.25, 0.3) is 5.91 Å². The smallest absolute Gasteiger partial charge is 0.292 e. The lowest BCUT2D eigenvalue weighted by atomic mass is 10.1. The number of anilines is 1. The Morgan fingerprint density at radius 2 is 1.76 bits per heavy atom. The van der Waals surface area contributed by atoms with Gasteiger partial charge in [0.1, 0.15) is 12.4 Å². The number of aromatic carboxylic acids is 1. The first-order valence-corrected chi connectivity index (χ1v) is 7.71. The highest BCUT2D eigenvalue weighted by molar-refractivity contribution is 6.21. The van der Waals surface area contributed by atoms with Gasteiger partial charge in [-0.2, -0.15) is 0 Å². The molecule has 0 aliphatic carbocycles. The van der Waals surface area contributed by atoms with E-state index in [4.69, 9.17) is 0 Å². The van der Waals surface area contributed by atoms with Gasteiger partial charge in [-0.15, -0.1) is 0 Å². The Labute approximate surface area is 142 Å². The lowest BCUT2D eigenvalue weighted by molar-refractivity contribution is -0.690. The summed E-state index contributed by atoms with van der Waals surface area (Å²) in [6, 6.07) is 10.8. The fraction of sp³-hybridized carbons (Fsp3) is 0.167. The van der Waals surface area contributed by atoms with Crippen LogP contribution >= 0.6 is 0 Å². The molecule has 0 radical (unpaired) electrons. The average Bonchev–Trinajstić information content (AvgIpc) is 2.88. The number of carbonyl (C=O) groups excluding carboxylic acids is 3. The van der Waals surface area contributed by atoms with Crippen molar-refractivity contribution in [2.45, 2.75) is 19.0 Å². The van der Waals surface area contributed by atoms with Crippen LogP contribution in [0.1, 0.15) is 22.3 Å². The van der Waals surface area contributed by atoms with Gasteiger partial charge >= 0.3 is 0 Å². The van der Waals surface area contributed by atoms with Gasteiger partial charge in [0.2, 0.25) is 5.91 Å². The number of benzene rings is 2. The molecule has 2 amide bonds. The third-order valence-corrected chi connectivity index (χ3v) is 4.09. The molecular weight excluding hydrogens is 327 g/mol. The van der Waals surface area contributed by atoms with E-state index >= 15 is 0 Å². The summed E-state index contributed by atoms with van der Waals surface area (Å²) in [7, 11) is 0. The second kappa shape index (κ2) is 6.82. The maximum Gasteiger partial charge on any atom is 0.292 e. The van der Waals surface area contributed by atoms with Gasteiger partial charge in [0, 0.05) is 5.56 Å². The molecule has 2 N–H and O–H groups in total. The number of amides is 2. The van der Waals surface area contributed by atoms with Crippen LogP contribution in [0.4, 0.5) is 10.1 Å². The van der Waals surface area contributed by atoms with E-state index in [9.17, 15) is 23.9 Å². The summed E-state index contributed by atoms with van der Waals surface area (Å²) in [6.07, 6.45) is 0.0628. The fourth-order valence-corrected chi connectivity index (χ4v) is 2.76. The van der Waals surface area contributed by atoms with Crippen molar-refractivity contribution in [3.63, 3.8) is 0 Å². The molecule has 1 fully saturated rings. The van der Waals surface area contributed by atoms with Crippen LogP contribution in [0.3, 0.4) is 0 Å². The van der Waals surface area contributed by atoms with Crippen LogP contribution in [0.2, 0.25) is 0 Å². The van der Waals surface area contributed by atoms with Gasteiger partial charge in [-0.25, -0.2) is 9.29 Å². The van der Waals surface area contributed by atoms with Gasteiger partial charge in [-0.1, -0.05) is 24.3 Å². The second-order valence-electron chi connectivity index (χ2n) is 5.78. The number of carboxylic acids is 1. The predicted molar refractivity (Wildman–Crippen MR) is 83.7 cm³/mol. The van der Waals surface area contributed by atoms with Crippen LogP contribution in [0.5, 0.6) is 0 Å². The molecule has 1 saturated heterocycles. The van der Waals surface area contributed by atoms with Crippen LogP contribution in [0, 0.1) is 5.82 Å². The molecule has 0 saturated carbocycles. The van der Waals surface area contributed by atoms with Gasteiger partial charge in [-0.05, 0) is 29.8 Å². The molecule has 0 bridgehead atoms. The monoisotopic (exact) mass is 342 g/mol. The summed E-state index contributed by atoms with van der Waals surface area (Å²) in [6.45, 7) is 0.425. The van der Waals surface area contributed by atoms with Crippen LogP contribution in [-0.2, 0) is 16.1 Å². The van der Waals surface area contributed by atoms with Crippen LogP contribution in [-0.4, -0.2) is 23.8 Å². The summed E-state index contributed by atoms with van der Waals surface area (Å²) in [5.41, 5.74) is 1.26. The first-order chi connectivity index (χ1) is 12.0. The maximum atomic E-state index is 13.0. The maximum absolute atomic E-state index is 13.0. The van der Waals surface area contributed by atoms with Crippen molar-refractivity contribution in [1.82, 2.24) is 0 Å². The zero-order valence-electron chi connectivity index (χ0n) is 13.1. The van der Waals surface area contributed by atoms with E-state index < -0.39 is 17.8 Å². The topological polar surface area (TPSA) is 94.1 Å². The third kappa shape index (κ3) is 3.56. The summed E-state index contributed by atoms with van der Waals surface area (Å²) in [5.74, 6) is -2.36. The minimum atomic E-state index is -1.25. The molecule has 1 heterocycles. The number of hydrogen-bond donors (Lipinski definition) is 1. The molecule has 1 aliphatic rings. The normalized spacial score (nSPS) is 17.2. The third-order valence-electron chi connectivity index (χ3n) is 4.09. The van der Waals surface area contributed by atoms with E-state index in [1.54, 1.807) is 17.4 Å². The first-order valence-electron chi connectivity index (χ1n) is 7.71. The molecule has 6 nitrogen and oxygen atoms in total. The Morgan fingerprint density at radius 1 is 1.12 bits per heavy atom. The molecule has 7 heteroatoms. The van der Waals surface area contributed by atoms with E-state index in [-0.39, 0.29) is 23.8 Å². The molecule has 128 valence electrons. The van der Waals surface area contributed by atoms with Gasteiger partial charge < -0.3 is 15.2 Å². The Balaban J connectivity index is 1.66. The standard InChI is InChI=1S/C18H15FN2O4/c19-13-5-7-14(8-6-13)21-16(22)9-15(17(21)23)20-10-11-1-3-12(4-2-11)18(24)25/h1-8,15,20H,9-10H2,(H,24,25)/t15-/m1/s1. The van der Waals surface area contributed by atoms with Crippen molar-refractivity contribution in [3.8, 4) is 0 Å². The molecule has 25 heavy (non-hydrogen) atoms. The van der Waals surface area contributed by atoms with E-state index in [2.05, 4.69) is 0 Å². The number of nitrogens with zero attached hydrogens (tertiary/aromatic N) is 1. The Kier molecular flexibility index (Phi) is 4.58. The molecule has 0 aromatic heterocycles. The highest BCUT2D eigenvalue weighted by Crippen LogP contribution is 2.21. The molecule has 1 aliphatic heterocycles. The highest BCUT2D eigenvalue weighted by atomic mass is 19.1.